The van der Waals surface area contributed by atoms with Gasteiger partial charge in [-0.05, 0) is 12.8 Å². The number of halogens is 1. The van der Waals surface area contributed by atoms with Crippen LogP contribution in [0.5, 0.6) is 0 Å². The summed E-state index contributed by atoms with van der Waals surface area (Å²) < 4.78 is 11.3. The van der Waals surface area contributed by atoms with Gasteiger partial charge in [0.25, 0.3) is 0 Å². The third kappa shape index (κ3) is 3.36. The van der Waals surface area contributed by atoms with Crippen LogP contribution in [0.2, 0.25) is 0 Å². The molecule has 2 aliphatic heterocycles. The van der Waals surface area contributed by atoms with Gasteiger partial charge in [0.1, 0.15) is 0 Å². The first-order valence-electron chi connectivity index (χ1n) is 7.81. The molecule has 5 nitrogen and oxygen atoms in total. The lowest BCUT2D eigenvalue weighted by Crippen LogP contribution is -2.70. The van der Waals surface area contributed by atoms with Gasteiger partial charge in [0.05, 0.1) is 19.3 Å². The predicted molar refractivity (Wildman–Crippen MR) is 82.7 cm³/mol. The Kier molecular flexibility index (Phi) is 5.52. The Balaban J connectivity index is 0.00000161. The zero-order chi connectivity index (χ0) is 14.2. The third-order valence-corrected chi connectivity index (χ3v) is 5.08. The molecule has 2 N–H and O–H groups in total. The second-order valence-electron chi connectivity index (χ2n) is 6.89. The zero-order valence-corrected chi connectivity index (χ0v) is 13.7. The molecule has 0 bridgehead atoms. The molecule has 4 atom stereocenters. The average Bonchev–Trinajstić information content (AvgIpc) is 2.46. The van der Waals surface area contributed by atoms with Crippen molar-refractivity contribution in [1.29, 1.82) is 0 Å². The van der Waals surface area contributed by atoms with Gasteiger partial charge in [0.15, 0.2) is 0 Å². The number of morpholine rings is 1. The van der Waals surface area contributed by atoms with Gasteiger partial charge in [-0.25, -0.2) is 0 Å². The lowest BCUT2D eigenvalue weighted by atomic mass is 9.55. The standard InChI is InChI=1S/C15H26N2O3.ClH/c1-15(2)13(11-4-3-6-20-14(11)15)17-12(18)8-10-9-19-7-5-16-10;/h10-11,13-14,16H,3-9H2,1-2H3,(H,17,18);1H. The summed E-state index contributed by atoms with van der Waals surface area (Å²) in [5, 5.41) is 6.56. The number of hydrogen-bond acceptors (Lipinski definition) is 4. The fourth-order valence-electron chi connectivity index (χ4n) is 4.02. The van der Waals surface area contributed by atoms with Crippen molar-refractivity contribution >= 4 is 18.3 Å². The molecule has 0 aromatic heterocycles. The molecule has 0 aromatic carbocycles. The van der Waals surface area contributed by atoms with Gasteiger partial charge in [-0.2, -0.15) is 0 Å². The van der Waals surface area contributed by atoms with Crippen LogP contribution in [0.3, 0.4) is 0 Å². The molecule has 0 spiro atoms. The first-order valence-corrected chi connectivity index (χ1v) is 7.81. The fourth-order valence-corrected chi connectivity index (χ4v) is 4.02. The van der Waals surface area contributed by atoms with Gasteiger partial charge in [0, 0.05) is 43.0 Å². The molecule has 122 valence electrons. The molecule has 0 radical (unpaired) electrons. The van der Waals surface area contributed by atoms with Crippen molar-refractivity contribution in [3.63, 3.8) is 0 Å². The minimum atomic E-state index is 0. The van der Waals surface area contributed by atoms with E-state index in [1.165, 1.54) is 6.42 Å². The second-order valence-corrected chi connectivity index (χ2v) is 6.89. The van der Waals surface area contributed by atoms with Crippen LogP contribution in [-0.4, -0.2) is 50.5 Å². The van der Waals surface area contributed by atoms with Gasteiger partial charge in [-0.1, -0.05) is 13.8 Å². The van der Waals surface area contributed by atoms with Crippen LogP contribution in [0.1, 0.15) is 33.1 Å². The first-order chi connectivity index (χ1) is 9.59. The first kappa shape index (κ1) is 17.0. The Hall–Kier alpha value is -0.360. The van der Waals surface area contributed by atoms with E-state index in [1.54, 1.807) is 0 Å². The maximum absolute atomic E-state index is 12.2. The van der Waals surface area contributed by atoms with Crippen molar-refractivity contribution in [3.8, 4) is 0 Å². The number of fused-ring (bicyclic) bond motifs is 1. The van der Waals surface area contributed by atoms with Crippen molar-refractivity contribution < 1.29 is 14.3 Å². The van der Waals surface area contributed by atoms with E-state index >= 15 is 0 Å². The van der Waals surface area contributed by atoms with Crippen LogP contribution in [-0.2, 0) is 14.3 Å². The van der Waals surface area contributed by atoms with Crippen molar-refractivity contribution in [3.05, 3.63) is 0 Å². The molecule has 3 aliphatic rings. The van der Waals surface area contributed by atoms with Crippen molar-refractivity contribution in [2.45, 2.75) is 51.3 Å². The minimum Gasteiger partial charge on any atom is -0.378 e. The lowest BCUT2D eigenvalue weighted by Gasteiger charge is -2.59. The summed E-state index contributed by atoms with van der Waals surface area (Å²) in [6.07, 6.45) is 3.11. The quantitative estimate of drug-likeness (QED) is 0.818. The highest BCUT2D eigenvalue weighted by Gasteiger charge is 2.58. The molecule has 21 heavy (non-hydrogen) atoms. The highest BCUT2D eigenvalue weighted by molar-refractivity contribution is 5.85. The molecule has 1 saturated carbocycles. The Morgan fingerprint density at radius 2 is 2.19 bits per heavy atom. The highest BCUT2D eigenvalue weighted by atomic mass is 35.5. The smallest absolute Gasteiger partial charge is 0.221 e. The van der Waals surface area contributed by atoms with Gasteiger partial charge in [-0.3, -0.25) is 4.79 Å². The van der Waals surface area contributed by atoms with Crippen molar-refractivity contribution in [2.75, 3.05) is 26.4 Å². The number of carbonyl (C=O) groups is 1. The summed E-state index contributed by atoms with van der Waals surface area (Å²) in [4.78, 5) is 12.2. The van der Waals surface area contributed by atoms with E-state index in [9.17, 15) is 4.79 Å². The molecule has 3 rings (SSSR count). The highest BCUT2D eigenvalue weighted by Crippen LogP contribution is 2.51. The predicted octanol–water partition coefficient (Wildman–Crippen LogP) is 1.11. The number of nitrogens with one attached hydrogen (secondary N) is 2. The topological polar surface area (TPSA) is 59.6 Å². The van der Waals surface area contributed by atoms with Crippen LogP contribution in [0.15, 0.2) is 0 Å². The summed E-state index contributed by atoms with van der Waals surface area (Å²) in [5.41, 5.74) is 0.0528. The van der Waals surface area contributed by atoms with E-state index < -0.39 is 0 Å². The number of hydrogen-bond donors (Lipinski definition) is 2. The van der Waals surface area contributed by atoms with Crippen molar-refractivity contribution in [1.82, 2.24) is 10.6 Å². The van der Waals surface area contributed by atoms with Crippen LogP contribution in [0, 0.1) is 11.3 Å². The molecule has 2 heterocycles. The van der Waals surface area contributed by atoms with Crippen LogP contribution in [0.4, 0.5) is 0 Å². The third-order valence-electron chi connectivity index (χ3n) is 5.08. The molecule has 0 aromatic rings. The Morgan fingerprint density at radius 1 is 1.38 bits per heavy atom. The van der Waals surface area contributed by atoms with E-state index in [2.05, 4.69) is 24.5 Å². The monoisotopic (exact) mass is 318 g/mol. The summed E-state index contributed by atoms with van der Waals surface area (Å²) in [6.45, 7) is 7.49. The molecule has 1 amide bonds. The van der Waals surface area contributed by atoms with Crippen LogP contribution in [0.25, 0.3) is 0 Å². The number of carbonyl (C=O) groups excluding carboxylic acids is 1. The maximum atomic E-state index is 12.2. The van der Waals surface area contributed by atoms with Crippen LogP contribution < -0.4 is 10.6 Å². The largest absolute Gasteiger partial charge is 0.378 e. The van der Waals surface area contributed by atoms with Gasteiger partial charge in [0.2, 0.25) is 5.91 Å². The number of rotatable bonds is 3. The van der Waals surface area contributed by atoms with Gasteiger partial charge in [-0.15, -0.1) is 12.4 Å². The molecule has 4 unspecified atom stereocenters. The van der Waals surface area contributed by atoms with Gasteiger partial charge < -0.3 is 20.1 Å². The Bertz CT molecular complexity index is 372. The van der Waals surface area contributed by atoms with Gasteiger partial charge >= 0.3 is 0 Å². The Labute approximate surface area is 132 Å². The van der Waals surface area contributed by atoms with E-state index in [-0.39, 0.29) is 35.8 Å². The maximum Gasteiger partial charge on any atom is 0.221 e. The SMILES string of the molecule is CC1(C)C(NC(=O)CC2COCCN2)C2CCCOC21.Cl. The normalized spacial score (nSPS) is 37.6. The fraction of sp³-hybridized carbons (Fsp3) is 0.933. The minimum absolute atomic E-state index is 0. The molecular formula is C15H27ClN2O3. The summed E-state index contributed by atoms with van der Waals surface area (Å²) in [6, 6.07) is 0.412. The van der Waals surface area contributed by atoms with E-state index in [4.69, 9.17) is 9.47 Å². The summed E-state index contributed by atoms with van der Waals surface area (Å²) in [7, 11) is 0. The van der Waals surface area contributed by atoms with E-state index in [1.807, 2.05) is 0 Å². The second kappa shape index (κ2) is 6.82. The number of ether oxygens (including phenoxy) is 2. The number of amides is 1. The van der Waals surface area contributed by atoms with Crippen LogP contribution >= 0.6 is 12.4 Å². The summed E-state index contributed by atoms with van der Waals surface area (Å²) in [5.74, 6) is 0.633. The molecule has 2 saturated heterocycles. The van der Waals surface area contributed by atoms with Crippen molar-refractivity contribution in [2.24, 2.45) is 11.3 Å². The van der Waals surface area contributed by atoms with E-state index in [0.29, 0.717) is 25.0 Å². The average molecular weight is 319 g/mol. The molecule has 3 fully saturated rings. The lowest BCUT2D eigenvalue weighted by molar-refractivity contribution is -0.194. The molecule has 6 heteroatoms. The zero-order valence-electron chi connectivity index (χ0n) is 12.9. The Morgan fingerprint density at radius 3 is 2.90 bits per heavy atom. The molecule has 1 aliphatic carbocycles. The molecular weight excluding hydrogens is 292 g/mol. The van der Waals surface area contributed by atoms with E-state index in [0.717, 1.165) is 26.2 Å². The summed E-state index contributed by atoms with van der Waals surface area (Å²) >= 11 is 0.